The molecule has 9 heteroatoms. The molecule has 0 bridgehead atoms. The molecule has 0 unspecified atom stereocenters. The Balaban J connectivity index is 0.00000208. The number of halogens is 5. The summed E-state index contributed by atoms with van der Waals surface area (Å²) in [4.78, 5) is 3.96. The van der Waals surface area contributed by atoms with E-state index in [1.165, 1.54) is 6.42 Å². The summed E-state index contributed by atoms with van der Waals surface area (Å²) in [5.41, 5.74) is 1.40. The second kappa shape index (κ2) is 12.0. The Morgan fingerprint density at radius 2 is 1.54 bits per heavy atom. The number of benzene rings is 1. The molecule has 1 aromatic carbocycles. The number of rotatable bonds is 5. The minimum absolute atomic E-state index is 0. The number of para-hydroxylation sites is 2. The van der Waals surface area contributed by atoms with Crippen molar-refractivity contribution in [2.75, 3.05) is 56.2 Å². The van der Waals surface area contributed by atoms with E-state index in [0.717, 1.165) is 31.6 Å². The quantitative estimate of drug-likeness (QED) is 0.700. The van der Waals surface area contributed by atoms with Crippen LogP contribution >= 0.6 is 37.2 Å². The molecule has 152 valence electrons. The van der Waals surface area contributed by atoms with E-state index in [9.17, 15) is 8.78 Å². The lowest BCUT2D eigenvalue weighted by Crippen LogP contribution is -2.47. The number of morpholine rings is 1. The lowest BCUT2D eigenvalue weighted by atomic mass is 10.1. The summed E-state index contributed by atoms with van der Waals surface area (Å²) >= 11 is 0. The Hall–Kier alpha value is -0.530. The number of nitrogens with one attached hydrogen (secondary N) is 1. The number of ether oxygens (including phenoxy) is 1. The molecule has 26 heavy (non-hydrogen) atoms. The third kappa shape index (κ3) is 7.24. The molecule has 0 atom stereocenters. The summed E-state index contributed by atoms with van der Waals surface area (Å²) in [6.07, 6.45) is 3.47. The highest BCUT2D eigenvalue weighted by Crippen LogP contribution is 2.31. The van der Waals surface area contributed by atoms with E-state index in [1.807, 2.05) is 12.1 Å². The lowest BCUT2D eigenvalue weighted by molar-refractivity contribution is -0.0384. The van der Waals surface area contributed by atoms with E-state index in [1.54, 1.807) is 17.0 Å². The molecule has 2 heterocycles. The molecule has 4 nitrogen and oxygen atoms in total. The Labute approximate surface area is 172 Å². The zero-order valence-corrected chi connectivity index (χ0v) is 17.1. The number of anilines is 2. The summed E-state index contributed by atoms with van der Waals surface area (Å²) < 4.78 is 34.1. The van der Waals surface area contributed by atoms with Crippen molar-refractivity contribution in [1.29, 1.82) is 0 Å². The Kier molecular flexibility index (Phi) is 11.8. The minimum Gasteiger partial charge on any atom is -0.379 e. The van der Waals surface area contributed by atoms with E-state index < -0.39 is 6.05 Å². The van der Waals surface area contributed by atoms with Crippen molar-refractivity contribution in [2.45, 2.75) is 25.3 Å². The molecular formula is C17H28Cl3F2N3O. The van der Waals surface area contributed by atoms with Crippen LogP contribution < -0.4 is 10.2 Å². The van der Waals surface area contributed by atoms with Gasteiger partial charge in [0, 0.05) is 26.2 Å². The van der Waals surface area contributed by atoms with Gasteiger partial charge in [-0.2, -0.15) is 8.78 Å². The van der Waals surface area contributed by atoms with Gasteiger partial charge in [0.15, 0.2) is 0 Å². The van der Waals surface area contributed by atoms with Crippen LogP contribution in [0.1, 0.15) is 19.3 Å². The molecule has 0 spiro atoms. The molecule has 0 amide bonds. The molecule has 3 rings (SSSR count). The zero-order valence-electron chi connectivity index (χ0n) is 14.7. The number of alkyl halides is 2. The van der Waals surface area contributed by atoms with Crippen molar-refractivity contribution < 1.29 is 13.5 Å². The van der Waals surface area contributed by atoms with Gasteiger partial charge in [-0.05, 0) is 31.4 Å². The first-order valence-electron chi connectivity index (χ1n) is 8.44. The maximum atomic E-state index is 14.4. The van der Waals surface area contributed by atoms with Gasteiger partial charge in [0.2, 0.25) is 0 Å². The molecule has 0 radical (unpaired) electrons. The van der Waals surface area contributed by atoms with Gasteiger partial charge in [-0.25, -0.2) is 0 Å². The molecule has 1 aromatic rings. The van der Waals surface area contributed by atoms with E-state index in [0.29, 0.717) is 32.0 Å². The molecule has 0 saturated carbocycles. The van der Waals surface area contributed by atoms with Crippen LogP contribution in [0.3, 0.4) is 0 Å². The second-order valence-electron chi connectivity index (χ2n) is 6.28. The van der Waals surface area contributed by atoms with Crippen LogP contribution in [0.25, 0.3) is 0 Å². The van der Waals surface area contributed by atoms with Crippen LogP contribution in [0.5, 0.6) is 0 Å². The fourth-order valence-corrected chi connectivity index (χ4v) is 3.27. The standard InChI is InChI=1S/C17H25F2N3O.3ClH/c18-17(19,14-21-10-12-23-13-11-21)20-15-6-2-3-7-16(15)22-8-4-1-5-9-22;;;/h2-3,6-7,20H,1,4-5,8-14H2;3*1H. The highest BCUT2D eigenvalue weighted by molar-refractivity contribution is 5.86. The highest BCUT2D eigenvalue weighted by Gasteiger charge is 2.33. The van der Waals surface area contributed by atoms with Gasteiger partial charge in [-0.15, -0.1) is 37.2 Å². The third-order valence-electron chi connectivity index (χ3n) is 4.44. The summed E-state index contributed by atoms with van der Waals surface area (Å²) in [6, 6.07) is 4.44. The monoisotopic (exact) mass is 433 g/mol. The Morgan fingerprint density at radius 1 is 0.923 bits per heavy atom. The predicted molar refractivity (Wildman–Crippen MR) is 110 cm³/mol. The fraction of sp³-hybridized carbons (Fsp3) is 0.647. The average Bonchev–Trinajstić information content (AvgIpc) is 2.56. The van der Waals surface area contributed by atoms with Gasteiger partial charge < -0.3 is 15.0 Å². The van der Waals surface area contributed by atoms with Crippen LogP contribution in [0.4, 0.5) is 20.2 Å². The minimum atomic E-state index is -2.96. The van der Waals surface area contributed by atoms with Gasteiger partial charge in [0.1, 0.15) is 0 Å². The molecule has 2 aliphatic rings. The maximum absolute atomic E-state index is 14.4. The van der Waals surface area contributed by atoms with Crippen LogP contribution in [-0.4, -0.2) is 56.9 Å². The fourth-order valence-electron chi connectivity index (χ4n) is 3.27. The molecular weight excluding hydrogens is 407 g/mol. The summed E-state index contributed by atoms with van der Waals surface area (Å²) in [5, 5.41) is 2.47. The normalized spacial score (nSPS) is 18.2. The van der Waals surface area contributed by atoms with Gasteiger partial charge >= 0.3 is 6.05 Å². The van der Waals surface area contributed by atoms with Crippen molar-refractivity contribution in [1.82, 2.24) is 4.90 Å². The predicted octanol–water partition coefficient (Wildman–Crippen LogP) is 4.28. The van der Waals surface area contributed by atoms with Crippen molar-refractivity contribution in [3.05, 3.63) is 24.3 Å². The SMILES string of the molecule is Cl.Cl.Cl.FC(F)(CN1CCOCC1)Nc1ccccc1N1CCCCC1. The van der Waals surface area contributed by atoms with Crippen LogP contribution in [0.15, 0.2) is 24.3 Å². The molecule has 2 saturated heterocycles. The van der Waals surface area contributed by atoms with E-state index >= 15 is 0 Å². The summed E-state index contributed by atoms with van der Waals surface area (Å²) in [6.45, 7) is 3.77. The average molecular weight is 435 g/mol. The van der Waals surface area contributed by atoms with Crippen LogP contribution in [0.2, 0.25) is 0 Å². The van der Waals surface area contributed by atoms with Crippen LogP contribution in [0, 0.1) is 0 Å². The first kappa shape index (κ1) is 25.5. The van der Waals surface area contributed by atoms with Crippen molar-refractivity contribution in [2.24, 2.45) is 0 Å². The third-order valence-corrected chi connectivity index (χ3v) is 4.44. The summed E-state index contributed by atoms with van der Waals surface area (Å²) in [5.74, 6) is 0. The first-order chi connectivity index (χ1) is 11.1. The largest absolute Gasteiger partial charge is 0.379 e. The first-order valence-corrected chi connectivity index (χ1v) is 8.44. The van der Waals surface area contributed by atoms with E-state index in [-0.39, 0.29) is 43.8 Å². The lowest BCUT2D eigenvalue weighted by Gasteiger charge is -2.33. The number of hydrogen-bond donors (Lipinski definition) is 1. The molecule has 2 aliphatic heterocycles. The van der Waals surface area contributed by atoms with E-state index in [4.69, 9.17) is 4.74 Å². The molecule has 2 fully saturated rings. The highest BCUT2D eigenvalue weighted by atomic mass is 35.5. The van der Waals surface area contributed by atoms with Gasteiger partial charge in [-0.1, -0.05) is 12.1 Å². The zero-order chi connectivity index (χ0) is 16.1. The Bertz CT molecular complexity index is 514. The second-order valence-corrected chi connectivity index (χ2v) is 6.28. The Morgan fingerprint density at radius 3 is 2.19 bits per heavy atom. The van der Waals surface area contributed by atoms with Crippen LogP contribution in [-0.2, 0) is 4.74 Å². The number of hydrogen-bond acceptors (Lipinski definition) is 4. The molecule has 0 aliphatic carbocycles. The van der Waals surface area contributed by atoms with Gasteiger partial charge in [0.05, 0.1) is 31.1 Å². The van der Waals surface area contributed by atoms with Gasteiger partial charge in [-0.3, -0.25) is 4.90 Å². The number of nitrogens with zero attached hydrogens (tertiary/aromatic N) is 2. The topological polar surface area (TPSA) is 27.7 Å². The van der Waals surface area contributed by atoms with E-state index in [2.05, 4.69) is 10.2 Å². The molecule has 1 N–H and O–H groups in total. The smallest absolute Gasteiger partial charge is 0.335 e. The number of piperidine rings is 1. The van der Waals surface area contributed by atoms with Crippen molar-refractivity contribution >= 4 is 48.6 Å². The van der Waals surface area contributed by atoms with Crippen molar-refractivity contribution in [3.8, 4) is 0 Å². The summed E-state index contributed by atoms with van der Waals surface area (Å²) in [7, 11) is 0. The van der Waals surface area contributed by atoms with Gasteiger partial charge in [0.25, 0.3) is 0 Å². The molecule has 0 aromatic heterocycles. The van der Waals surface area contributed by atoms with Crippen molar-refractivity contribution in [3.63, 3.8) is 0 Å². The maximum Gasteiger partial charge on any atom is 0.335 e.